The maximum atomic E-state index is 4.51. The molecule has 0 saturated carbocycles. The molecule has 0 amide bonds. The Bertz CT molecular complexity index is 783. The van der Waals surface area contributed by atoms with E-state index in [1.165, 1.54) is 0 Å². The van der Waals surface area contributed by atoms with E-state index in [0.717, 1.165) is 41.9 Å². The topological polar surface area (TPSA) is 59.2 Å². The normalized spacial score (nSPS) is 15.4. The number of hydrogen-bond donors (Lipinski definition) is 0. The zero-order valence-corrected chi connectivity index (χ0v) is 12.1. The second kappa shape index (κ2) is 4.51. The van der Waals surface area contributed by atoms with Gasteiger partial charge in [0.15, 0.2) is 5.65 Å². The van der Waals surface area contributed by atoms with Gasteiger partial charge in [-0.25, -0.2) is 9.97 Å². The average Bonchev–Trinajstić information content (AvgIpc) is 2.80. The highest BCUT2D eigenvalue weighted by Crippen LogP contribution is 2.29. The number of nitrogens with zero attached hydrogens (tertiary/aromatic N) is 6. The first kappa shape index (κ1) is 12.3. The van der Waals surface area contributed by atoms with E-state index in [9.17, 15) is 0 Å². The minimum absolute atomic E-state index is 0.401. The summed E-state index contributed by atoms with van der Waals surface area (Å²) in [5, 5.41) is 8.55. The van der Waals surface area contributed by atoms with Crippen LogP contribution in [0.25, 0.3) is 5.65 Å². The third-order valence-electron chi connectivity index (χ3n) is 3.86. The molecule has 4 heterocycles. The van der Waals surface area contributed by atoms with Gasteiger partial charge >= 0.3 is 0 Å². The molecule has 1 aliphatic rings. The summed E-state index contributed by atoms with van der Waals surface area (Å²) in [5.74, 6) is 3.26. The Morgan fingerprint density at radius 2 is 1.95 bits per heavy atom. The van der Waals surface area contributed by atoms with E-state index in [-0.39, 0.29) is 0 Å². The van der Waals surface area contributed by atoms with Gasteiger partial charge in [0.2, 0.25) is 0 Å². The Labute approximate surface area is 122 Å². The van der Waals surface area contributed by atoms with Crippen molar-refractivity contribution in [3.63, 3.8) is 0 Å². The number of aromatic nitrogens is 5. The fourth-order valence-corrected chi connectivity index (χ4v) is 2.83. The van der Waals surface area contributed by atoms with Crippen LogP contribution in [0, 0.1) is 13.8 Å². The Morgan fingerprint density at radius 3 is 2.76 bits per heavy atom. The standard InChI is InChI=1S/C15H16N6/c1-10-7-14(17-11(2)16-10)20-8-12(9-20)15-19-18-13-5-3-4-6-21(13)15/h3-7,12H,8-9H2,1-2H3. The van der Waals surface area contributed by atoms with E-state index in [0.29, 0.717) is 5.92 Å². The van der Waals surface area contributed by atoms with Crippen molar-refractivity contribution in [1.82, 2.24) is 24.6 Å². The van der Waals surface area contributed by atoms with E-state index in [1.807, 2.05) is 44.3 Å². The van der Waals surface area contributed by atoms with Crippen LogP contribution in [-0.4, -0.2) is 37.7 Å². The number of rotatable bonds is 2. The Balaban J connectivity index is 1.57. The lowest BCUT2D eigenvalue weighted by Gasteiger charge is -2.39. The highest BCUT2D eigenvalue weighted by atomic mass is 15.3. The quantitative estimate of drug-likeness (QED) is 0.715. The lowest BCUT2D eigenvalue weighted by molar-refractivity contribution is 0.492. The molecule has 6 heteroatoms. The smallest absolute Gasteiger partial charge is 0.160 e. The average molecular weight is 280 g/mol. The Kier molecular flexibility index (Phi) is 2.63. The first-order chi connectivity index (χ1) is 10.2. The molecular formula is C15H16N6. The summed E-state index contributed by atoms with van der Waals surface area (Å²) in [6, 6.07) is 8.00. The molecule has 0 atom stereocenters. The molecule has 106 valence electrons. The van der Waals surface area contributed by atoms with Crippen molar-refractivity contribution in [2.45, 2.75) is 19.8 Å². The molecule has 1 fully saturated rings. The van der Waals surface area contributed by atoms with E-state index >= 15 is 0 Å². The van der Waals surface area contributed by atoms with Gasteiger partial charge in [0.25, 0.3) is 0 Å². The van der Waals surface area contributed by atoms with E-state index < -0.39 is 0 Å². The van der Waals surface area contributed by atoms with Crippen LogP contribution >= 0.6 is 0 Å². The van der Waals surface area contributed by atoms with Gasteiger partial charge in [0.1, 0.15) is 17.5 Å². The minimum Gasteiger partial charge on any atom is -0.355 e. The largest absolute Gasteiger partial charge is 0.355 e. The molecule has 3 aromatic rings. The van der Waals surface area contributed by atoms with Crippen molar-refractivity contribution in [3.8, 4) is 0 Å². The molecule has 0 bridgehead atoms. The third-order valence-corrected chi connectivity index (χ3v) is 3.86. The molecule has 0 radical (unpaired) electrons. The lowest BCUT2D eigenvalue weighted by atomic mass is 9.99. The molecule has 1 aliphatic heterocycles. The second-order valence-electron chi connectivity index (χ2n) is 5.50. The van der Waals surface area contributed by atoms with Gasteiger partial charge in [-0.05, 0) is 26.0 Å². The van der Waals surface area contributed by atoms with Crippen LogP contribution in [0.15, 0.2) is 30.5 Å². The predicted molar refractivity (Wildman–Crippen MR) is 79.4 cm³/mol. The fraction of sp³-hybridized carbons (Fsp3) is 0.333. The minimum atomic E-state index is 0.401. The number of aryl methyl sites for hydroxylation is 2. The fourth-order valence-electron chi connectivity index (χ4n) is 2.83. The van der Waals surface area contributed by atoms with Gasteiger partial charge in [-0.15, -0.1) is 10.2 Å². The number of fused-ring (bicyclic) bond motifs is 1. The van der Waals surface area contributed by atoms with Crippen LogP contribution in [0.5, 0.6) is 0 Å². The molecule has 0 aliphatic carbocycles. The van der Waals surface area contributed by atoms with Crippen molar-refractivity contribution in [2.75, 3.05) is 18.0 Å². The number of pyridine rings is 1. The number of hydrogen-bond acceptors (Lipinski definition) is 5. The molecular weight excluding hydrogens is 264 g/mol. The molecule has 6 nitrogen and oxygen atoms in total. The van der Waals surface area contributed by atoms with Gasteiger partial charge in [0.05, 0.1) is 5.92 Å². The van der Waals surface area contributed by atoms with E-state index in [2.05, 4.69) is 29.5 Å². The van der Waals surface area contributed by atoms with Crippen molar-refractivity contribution in [3.05, 3.63) is 47.8 Å². The molecule has 0 spiro atoms. The summed E-state index contributed by atoms with van der Waals surface area (Å²) in [6.07, 6.45) is 2.02. The van der Waals surface area contributed by atoms with Crippen molar-refractivity contribution in [2.24, 2.45) is 0 Å². The van der Waals surface area contributed by atoms with Crippen LogP contribution in [0.3, 0.4) is 0 Å². The zero-order chi connectivity index (χ0) is 14.4. The van der Waals surface area contributed by atoms with E-state index in [4.69, 9.17) is 0 Å². The second-order valence-corrected chi connectivity index (χ2v) is 5.50. The van der Waals surface area contributed by atoms with Crippen LogP contribution < -0.4 is 4.90 Å². The highest BCUT2D eigenvalue weighted by Gasteiger charge is 2.32. The molecule has 3 aromatic heterocycles. The van der Waals surface area contributed by atoms with Crippen LogP contribution in [0.2, 0.25) is 0 Å². The predicted octanol–water partition coefficient (Wildman–Crippen LogP) is 1.74. The SMILES string of the molecule is Cc1cc(N2CC(c3nnc4ccccn34)C2)nc(C)n1. The summed E-state index contributed by atoms with van der Waals surface area (Å²) < 4.78 is 2.07. The molecule has 0 N–H and O–H groups in total. The maximum absolute atomic E-state index is 4.51. The Hall–Kier alpha value is -2.50. The van der Waals surface area contributed by atoms with Crippen LogP contribution in [0.4, 0.5) is 5.82 Å². The summed E-state index contributed by atoms with van der Waals surface area (Å²) >= 11 is 0. The molecule has 1 saturated heterocycles. The van der Waals surface area contributed by atoms with Crippen LogP contribution in [0.1, 0.15) is 23.3 Å². The van der Waals surface area contributed by atoms with E-state index in [1.54, 1.807) is 0 Å². The van der Waals surface area contributed by atoms with Gasteiger partial charge < -0.3 is 4.90 Å². The summed E-state index contributed by atoms with van der Waals surface area (Å²) in [4.78, 5) is 11.1. The van der Waals surface area contributed by atoms with Crippen molar-refractivity contribution < 1.29 is 0 Å². The third kappa shape index (κ3) is 2.03. The molecule has 4 rings (SSSR count). The summed E-state index contributed by atoms with van der Waals surface area (Å²) in [7, 11) is 0. The van der Waals surface area contributed by atoms with Gasteiger partial charge in [-0.2, -0.15) is 0 Å². The number of anilines is 1. The Morgan fingerprint density at radius 1 is 1.10 bits per heavy atom. The molecule has 0 unspecified atom stereocenters. The first-order valence-electron chi connectivity index (χ1n) is 7.07. The summed E-state index contributed by atoms with van der Waals surface area (Å²) in [5.41, 5.74) is 1.91. The van der Waals surface area contributed by atoms with Crippen molar-refractivity contribution >= 4 is 11.5 Å². The summed E-state index contributed by atoms with van der Waals surface area (Å²) in [6.45, 7) is 5.78. The van der Waals surface area contributed by atoms with Gasteiger partial charge in [-0.1, -0.05) is 6.07 Å². The van der Waals surface area contributed by atoms with Crippen molar-refractivity contribution in [1.29, 1.82) is 0 Å². The molecule has 0 aromatic carbocycles. The highest BCUT2D eigenvalue weighted by molar-refractivity contribution is 5.46. The molecule has 21 heavy (non-hydrogen) atoms. The zero-order valence-electron chi connectivity index (χ0n) is 12.1. The maximum Gasteiger partial charge on any atom is 0.160 e. The first-order valence-corrected chi connectivity index (χ1v) is 7.07. The van der Waals surface area contributed by atoms with Crippen LogP contribution in [-0.2, 0) is 0 Å². The lowest BCUT2D eigenvalue weighted by Crippen LogP contribution is -2.46. The van der Waals surface area contributed by atoms with Gasteiger partial charge in [0, 0.05) is 31.0 Å². The van der Waals surface area contributed by atoms with Gasteiger partial charge in [-0.3, -0.25) is 4.40 Å². The monoisotopic (exact) mass is 280 g/mol.